The van der Waals surface area contributed by atoms with Crippen LogP contribution in [0.15, 0.2) is 0 Å². The third kappa shape index (κ3) is 3.42. The number of rotatable bonds is 4. The number of carbonyl (C=O) groups is 2. The van der Waals surface area contributed by atoms with Crippen molar-refractivity contribution in [2.45, 2.75) is 20.3 Å². The van der Waals surface area contributed by atoms with Crippen LogP contribution < -0.4 is 5.32 Å². The van der Waals surface area contributed by atoms with E-state index in [1.165, 1.54) is 4.90 Å². The number of aliphatic carboxylic acids is 1. The summed E-state index contributed by atoms with van der Waals surface area (Å²) in [5.74, 6) is -0.629. The number of nitrogens with one attached hydrogen (secondary N) is 1. The highest BCUT2D eigenvalue weighted by molar-refractivity contribution is 5.79. The highest BCUT2D eigenvalue weighted by Crippen LogP contribution is 2.15. The monoisotopic (exact) mass is 214 g/mol. The van der Waals surface area contributed by atoms with Crippen LogP contribution in [-0.4, -0.2) is 41.6 Å². The van der Waals surface area contributed by atoms with Crippen molar-refractivity contribution in [3.63, 3.8) is 0 Å². The van der Waals surface area contributed by atoms with Crippen LogP contribution in [-0.2, 0) is 4.79 Å². The van der Waals surface area contributed by atoms with Crippen molar-refractivity contribution in [2.75, 3.05) is 19.6 Å². The molecule has 1 saturated heterocycles. The number of carboxylic acids is 1. The van der Waals surface area contributed by atoms with Crippen molar-refractivity contribution in [2.24, 2.45) is 11.8 Å². The van der Waals surface area contributed by atoms with Gasteiger partial charge >= 0.3 is 12.0 Å². The number of amides is 2. The molecule has 5 heteroatoms. The number of hydrogen-bond acceptors (Lipinski definition) is 2. The van der Waals surface area contributed by atoms with E-state index in [2.05, 4.69) is 19.2 Å². The molecule has 0 saturated carbocycles. The first-order chi connectivity index (χ1) is 7.00. The van der Waals surface area contributed by atoms with E-state index < -0.39 is 5.97 Å². The van der Waals surface area contributed by atoms with E-state index in [0.29, 0.717) is 25.6 Å². The molecule has 0 spiro atoms. The lowest BCUT2D eigenvalue weighted by Gasteiger charge is -2.36. The van der Waals surface area contributed by atoms with Crippen LogP contribution in [0.2, 0.25) is 0 Å². The Hall–Kier alpha value is -1.26. The second kappa shape index (κ2) is 5.00. The fourth-order valence-electron chi connectivity index (χ4n) is 1.38. The zero-order valence-corrected chi connectivity index (χ0v) is 9.19. The van der Waals surface area contributed by atoms with Crippen LogP contribution in [0.25, 0.3) is 0 Å². The SMILES string of the molecule is CC(C)CCNC(=O)N1CC(C(=O)O)C1. The summed E-state index contributed by atoms with van der Waals surface area (Å²) in [7, 11) is 0. The van der Waals surface area contributed by atoms with E-state index >= 15 is 0 Å². The number of carbonyl (C=O) groups excluding carboxylic acids is 1. The van der Waals surface area contributed by atoms with Crippen molar-refractivity contribution in [3.05, 3.63) is 0 Å². The normalized spacial score (nSPS) is 16.3. The van der Waals surface area contributed by atoms with Gasteiger partial charge in [-0.25, -0.2) is 4.79 Å². The van der Waals surface area contributed by atoms with Gasteiger partial charge in [-0.2, -0.15) is 0 Å². The van der Waals surface area contributed by atoms with E-state index in [9.17, 15) is 9.59 Å². The third-order valence-corrected chi connectivity index (χ3v) is 2.52. The van der Waals surface area contributed by atoms with Crippen LogP contribution in [0.4, 0.5) is 4.79 Å². The van der Waals surface area contributed by atoms with Crippen molar-refractivity contribution < 1.29 is 14.7 Å². The minimum atomic E-state index is -0.818. The van der Waals surface area contributed by atoms with Gasteiger partial charge < -0.3 is 15.3 Å². The first kappa shape index (κ1) is 11.8. The van der Waals surface area contributed by atoms with Gasteiger partial charge in [-0.1, -0.05) is 13.8 Å². The van der Waals surface area contributed by atoms with Crippen LogP contribution in [0.5, 0.6) is 0 Å². The highest BCUT2D eigenvalue weighted by Gasteiger charge is 2.35. The van der Waals surface area contributed by atoms with Gasteiger partial charge in [0, 0.05) is 19.6 Å². The highest BCUT2D eigenvalue weighted by atomic mass is 16.4. The first-order valence-electron chi connectivity index (χ1n) is 5.26. The maximum Gasteiger partial charge on any atom is 0.317 e. The fraction of sp³-hybridized carbons (Fsp3) is 0.800. The zero-order chi connectivity index (χ0) is 11.4. The molecule has 2 N–H and O–H groups in total. The predicted octanol–water partition coefficient (Wildman–Crippen LogP) is 0.758. The molecule has 0 aromatic carbocycles. The van der Waals surface area contributed by atoms with E-state index in [1.807, 2.05) is 0 Å². The average molecular weight is 214 g/mol. The summed E-state index contributed by atoms with van der Waals surface area (Å²) in [5.41, 5.74) is 0. The Labute approximate surface area is 89.4 Å². The Morgan fingerprint density at radius 3 is 2.53 bits per heavy atom. The largest absolute Gasteiger partial charge is 0.481 e. The third-order valence-electron chi connectivity index (χ3n) is 2.52. The molecule has 0 aromatic heterocycles. The average Bonchev–Trinajstić information content (AvgIpc) is 1.99. The molecule has 1 heterocycles. The number of carboxylic acid groups (broad SMARTS) is 1. The summed E-state index contributed by atoms with van der Waals surface area (Å²) in [5, 5.41) is 11.4. The second-order valence-corrected chi connectivity index (χ2v) is 4.35. The quantitative estimate of drug-likeness (QED) is 0.725. The lowest BCUT2D eigenvalue weighted by atomic mass is 10.0. The van der Waals surface area contributed by atoms with Gasteiger partial charge in [-0.15, -0.1) is 0 Å². The molecule has 0 atom stereocenters. The summed E-state index contributed by atoms with van der Waals surface area (Å²) in [4.78, 5) is 23.4. The van der Waals surface area contributed by atoms with Gasteiger partial charge in [0.15, 0.2) is 0 Å². The van der Waals surface area contributed by atoms with E-state index in [1.54, 1.807) is 0 Å². The number of hydrogen-bond donors (Lipinski definition) is 2. The van der Waals surface area contributed by atoms with Crippen molar-refractivity contribution in [1.82, 2.24) is 10.2 Å². The second-order valence-electron chi connectivity index (χ2n) is 4.35. The van der Waals surface area contributed by atoms with Crippen LogP contribution >= 0.6 is 0 Å². The Morgan fingerprint density at radius 2 is 2.07 bits per heavy atom. The van der Waals surface area contributed by atoms with Gasteiger partial charge in [0.1, 0.15) is 0 Å². The van der Waals surface area contributed by atoms with Crippen molar-refractivity contribution >= 4 is 12.0 Å². The van der Waals surface area contributed by atoms with Gasteiger partial charge in [-0.05, 0) is 12.3 Å². The van der Waals surface area contributed by atoms with Gasteiger partial charge in [0.2, 0.25) is 0 Å². The minimum Gasteiger partial charge on any atom is -0.481 e. The molecule has 0 unspecified atom stereocenters. The minimum absolute atomic E-state index is 0.145. The summed E-state index contributed by atoms with van der Waals surface area (Å²) < 4.78 is 0. The van der Waals surface area contributed by atoms with Crippen LogP contribution in [0.3, 0.4) is 0 Å². The molecule has 0 aromatic rings. The first-order valence-corrected chi connectivity index (χ1v) is 5.26. The van der Waals surface area contributed by atoms with Crippen LogP contribution in [0, 0.1) is 11.8 Å². The molecule has 5 nitrogen and oxygen atoms in total. The Kier molecular flexibility index (Phi) is 3.94. The molecule has 15 heavy (non-hydrogen) atoms. The summed E-state index contributed by atoms with van der Waals surface area (Å²) in [6.45, 7) is 5.52. The summed E-state index contributed by atoms with van der Waals surface area (Å²) in [6.07, 6.45) is 0.946. The lowest BCUT2D eigenvalue weighted by molar-refractivity contribution is -0.146. The van der Waals surface area contributed by atoms with Gasteiger partial charge in [0.05, 0.1) is 5.92 Å². The molecule has 2 amide bonds. The maximum absolute atomic E-state index is 11.4. The maximum atomic E-state index is 11.4. The smallest absolute Gasteiger partial charge is 0.317 e. The number of likely N-dealkylation sites (tertiary alicyclic amines) is 1. The van der Waals surface area contributed by atoms with Gasteiger partial charge in [-0.3, -0.25) is 4.79 Å². The van der Waals surface area contributed by atoms with E-state index in [0.717, 1.165) is 6.42 Å². The molecule has 0 radical (unpaired) electrons. The summed E-state index contributed by atoms with van der Waals surface area (Å²) in [6, 6.07) is -0.145. The lowest BCUT2D eigenvalue weighted by Crippen LogP contribution is -2.56. The van der Waals surface area contributed by atoms with Gasteiger partial charge in [0.25, 0.3) is 0 Å². The van der Waals surface area contributed by atoms with Crippen molar-refractivity contribution in [1.29, 1.82) is 0 Å². The number of nitrogens with zero attached hydrogens (tertiary/aromatic N) is 1. The topological polar surface area (TPSA) is 69.6 Å². The fourth-order valence-corrected chi connectivity index (χ4v) is 1.38. The molecule has 0 bridgehead atoms. The molecule has 1 aliphatic heterocycles. The molecular formula is C10H18N2O3. The molecule has 1 rings (SSSR count). The zero-order valence-electron chi connectivity index (χ0n) is 9.19. The molecule has 1 fully saturated rings. The molecule has 86 valence electrons. The van der Waals surface area contributed by atoms with E-state index in [-0.39, 0.29) is 11.9 Å². The Bertz CT molecular complexity index is 247. The molecule has 0 aliphatic carbocycles. The number of urea groups is 1. The summed E-state index contributed by atoms with van der Waals surface area (Å²) >= 11 is 0. The Balaban J connectivity index is 2.13. The standard InChI is InChI=1S/C10H18N2O3/c1-7(2)3-4-11-10(15)12-5-8(6-12)9(13)14/h7-8H,3-6H2,1-2H3,(H,11,15)(H,13,14). The Morgan fingerprint density at radius 1 is 1.47 bits per heavy atom. The molecular weight excluding hydrogens is 196 g/mol. The van der Waals surface area contributed by atoms with E-state index in [4.69, 9.17) is 5.11 Å². The van der Waals surface area contributed by atoms with Crippen molar-refractivity contribution in [3.8, 4) is 0 Å². The predicted molar refractivity (Wildman–Crippen MR) is 55.6 cm³/mol. The van der Waals surface area contributed by atoms with Crippen LogP contribution in [0.1, 0.15) is 20.3 Å². The molecule has 1 aliphatic rings.